The maximum Gasteiger partial charge on any atom is 0.472 e. The lowest BCUT2D eigenvalue weighted by molar-refractivity contribution is -0.870. The molecular formula is C43H75NO8P+. The van der Waals surface area contributed by atoms with Crippen molar-refractivity contribution in [2.45, 2.75) is 142 Å². The molecular weight excluding hydrogens is 689 g/mol. The molecule has 304 valence electrons. The molecule has 0 radical (unpaired) electrons. The van der Waals surface area contributed by atoms with Crippen LogP contribution in [0, 0.1) is 0 Å². The average Bonchev–Trinajstić information content (AvgIpc) is 3.10. The minimum atomic E-state index is -4.39. The fourth-order valence-electron chi connectivity index (χ4n) is 4.90. The van der Waals surface area contributed by atoms with Crippen LogP contribution in [0.15, 0.2) is 72.9 Å². The number of allylic oxidation sites excluding steroid dienone is 12. The highest BCUT2D eigenvalue weighted by atomic mass is 31.2. The predicted octanol–water partition coefficient (Wildman–Crippen LogP) is 11.1. The molecule has 0 amide bonds. The van der Waals surface area contributed by atoms with Crippen LogP contribution in [0.4, 0.5) is 0 Å². The van der Waals surface area contributed by atoms with E-state index in [4.69, 9.17) is 18.5 Å². The molecule has 0 fully saturated rings. The van der Waals surface area contributed by atoms with Gasteiger partial charge in [-0.1, -0.05) is 138 Å². The maximum absolute atomic E-state index is 12.6. The lowest BCUT2D eigenvalue weighted by Crippen LogP contribution is -2.37. The fraction of sp³-hybridized carbons (Fsp3) is 0.674. The number of unbranched alkanes of at least 4 members (excludes halogenated alkanes) is 13. The molecule has 1 N–H and O–H groups in total. The molecule has 2 unspecified atom stereocenters. The van der Waals surface area contributed by atoms with Gasteiger partial charge in [0.2, 0.25) is 0 Å². The molecule has 2 atom stereocenters. The summed E-state index contributed by atoms with van der Waals surface area (Å²) in [7, 11) is 1.42. The number of quaternary nitrogens is 1. The molecule has 0 heterocycles. The lowest BCUT2D eigenvalue weighted by atomic mass is 10.1. The number of ether oxygens (including phenoxy) is 2. The van der Waals surface area contributed by atoms with Gasteiger partial charge in [0.05, 0.1) is 27.7 Å². The zero-order chi connectivity index (χ0) is 39.3. The van der Waals surface area contributed by atoms with Gasteiger partial charge in [-0.15, -0.1) is 0 Å². The molecule has 53 heavy (non-hydrogen) atoms. The molecule has 0 aromatic heterocycles. The molecule has 9 nitrogen and oxygen atoms in total. The van der Waals surface area contributed by atoms with Crippen LogP contribution >= 0.6 is 7.82 Å². The Bertz CT molecular complexity index is 1140. The van der Waals surface area contributed by atoms with Crippen molar-refractivity contribution in [1.82, 2.24) is 0 Å². The summed E-state index contributed by atoms with van der Waals surface area (Å²) in [4.78, 5) is 35.2. The quantitative estimate of drug-likeness (QED) is 0.0223. The third-order valence-electron chi connectivity index (χ3n) is 8.09. The first-order chi connectivity index (χ1) is 25.5. The molecule has 0 saturated carbocycles. The van der Waals surface area contributed by atoms with E-state index in [0.29, 0.717) is 23.9 Å². The van der Waals surface area contributed by atoms with Crippen molar-refractivity contribution in [3.8, 4) is 0 Å². The number of phosphoric acid groups is 1. The Morgan fingerprint density at radius 3 is 1.62 bits per heavy atom. The Labute approximate surface area is 323 Å². The number of carbonyl (C=O) groups excluding carboxylic acids is 2. The van der Waals surface area contributed by atoms with E-state index in [2.05, 4.69) is 50.3 Å². The smallest absolute Gasteiger partial charge is 0.462 e. The maximum atomic E-state index is 12.6. The number of rotatable bonds is 35. The van der Waals surface area contributed by atoms with Crippen molar-refractivity contribution in [3.63, 3.8) is 0 Å². The third-order valence-corrected chi connectivity index (χ3v) is 9.08. The fourth-order valence-corrected chi connectivity index (χ4v) is 5.64. The highest BCUT2D eigenvalue weighted by molar-refractivity contribution is 7.47. The van der Waals surface area contributed by atoms with Gasteiger partial charge in [0.1, 0.15) is 19.8 Å². The molecule has 0 aliphatic rings. The van der Waals surface area contributed by atoms with Gasteiger partial charge in [-0.2, -0.15) is 0 Å². The van der Waals surface area contributed by atoms with E-state index in [1.807, 2.05) is 57.6 Å². The van der Waals surface area contributed by atoms with E-state index in [1.54, 1.807) is 0 Å². The summed E-state index contributed by atoms with van der Waals surface area (Å²) in [5.41, 5.74) is 0. The minimum absolute atomic E-state index is 0.0156. The molecule has 0 aromatic rings. The Morgan fingerprint density at radius 1 is 0.604 bits per heavy atom. The second-order valence-electron chi connectivity index (χ2n) is 14.4. The highest BCUT2D eigenvalue weighted by Crippen LogP contribution is 2.43. The van der Waals surface area contributed by atoms with Gasteiger partial charge < -0.3 is 18.9 Å². The van der Waals surface area contributed by atoms with Crippen LogP contribution in [0.25, 0.3) is 0 Å². The monoisotopic (exact) mass is 765 g/mol. The number of hydrogen-bond donors (Lipinski definition) is 1. The van der Waals surface area contributed by atoms with Gasteiger partial charge in [-0.3, -0.25) is 18.6 Å². The number of esters is 2. The van der Waals surface area contributed by atoms with Crippen LogP contribution in [0.1, 0.15) is 136 Å². The lowest BCUT2D eigenvalue weighted by Gasteiger charge is -2.24. The van der Waals surface area contributed by atoms with Crippen molar-refractivity contribution >= 4 is 19.8 Å². The van der Waals surface area contributed by atoms with E-state index in [1.165, 1.54) is 44.9 Å². The topological polar surface area (TPSA) is 108 Å². The third kappa shape index (κ3) is 39.0. The molecule has 0 bridgehead atoms. The SMILES string of the molecule is CC/C=C/C=C/C=C/C=C/CCCCCC(=O)OC(COC(=O)CCCCC/C=C/C=C/CCCCCCCCC)COP(=O)(O)OCC[N+](C)(C)C. The summed E-state index contributed by atoms with van der Waals surface area (Å²) in [6.07, 6.45) is 42.4. The van der Waals surface area contributed by atoms with Crippen LogP contribution in [0.3, 0.4) is 0 Å². The largest absolute Gasteiger partial charge is 0.472 e. The first kappa shape index (κ1) is 50.5. The van der Waals surface area contributed by atoms with Crippen molar-refractivity contribution < 1.29 is 42.1 Å². The molecule has 10 heteroatoms. The van der Waals surface area contributed by atoms with Crippen LogP contribution < -0.4 is 0 Å². The van der Waals surface area contributed by atoms with Crippen LogP contribution in [0.2, 0.25) is 0 Å². The van der Waals surface area contributed by atoms with Gasteiger partial charge in [-0.25, -0.2) is 4.57 Å². The van der Waals surface area contributed by atoms with Gasteiger partial charge in [0.15, 0.2) is 6.10 Å². The Balaban J connectivity index is 4.53. The average molecular weight is 765 g/mol. The number of hydrogen-bond acceptors (Lipinski definition) is 7. The summed E-state index contributed by atoms with van der Waals surface area (Å²) in [5.74, 6) is -0.884. The molecule has 0 aliphatic heterocycles. The van der Waals surface area contributed by atoms with Crippen LogP contribution in [-0.4, -0.2) is 74.9 Å². The number of carbonyl (C=O) groups is 2. The number of likely N-dealkylation sites (N-methyl/N-ethyl adjacent to an activating group) is 1. The summed E-state index contributed by atoms with van der Waals surface area (Å²) in [6, 6.07) is 0. The Kier molecular flexibility index (Phi) is 33.5. The van der Waals surface area contributed by atoms with E-state index in [9.17, 15) is 19.0 Å². The van der Waals surface area contributed by atoms with Crippen LogP contribution in [-0.2, 0) is 32.7 Å². The van der Waals surface area contributed by atoms with E-state index < -0.39 is 32.5 Å². The highest BCUT2D eigenvalue weighted by Gasteiger charge is 2.27. The van der Waals surface area contributed by atoms with E-state index in [-0.39, 0.29) is 26.1 Å². The van der Waals surface area contributed by atoms with Gasteiger partial charge >= 0.3 is 19.8 Å². The Hall–Kier alpha value is -2.55. The van der Waals surface area contributed by atoms with E-state index >= 15 is 0 Å². The van der Waals surface area contributed by atoms with Gasteiger partial charge in [0, 0.05) is 12.8 Å². The number of nitrogens with zero attached hydrogens (tertiary/aromatic N) is 1. The standard InChI is InChI=1S/C43H74NO8P/c1-6-8-10-12-14-16-18-20-21-22-24-25-27-29-31-33-35-42(45)49-39-41(40-51-53(47,48)50-38-37-44(3,4)5)52-43(46)36-34-32-30-28-26-23-19-17-15-13-11-9-7-2/h9,11,13,15,17,19,21-26,41H,6-8,10,12,14,16,18,20,27-40H2,1-5H3/p+1/b11-9+,15-13+,19-17+,22-21+,25-24+,26-23+. The van der Waals surface area contributed by atoms with Crippen molar-refractivity contribution in [2.75, 3.05) is 47.5 Å². The molecule has 0 saturated heterocycles. The summed E-state index contributed by atoms with van der Waals surface area (Å²) >= 11 is 0. The summed E-state index contributed by atoms with van der Waals surface area (Å²) in [5, 5.41) is 0. The zero-order valence-electron chi connectivity index (χ0n) is 34.0. The predicted molar refractivity (Wildman–Crippen MR) is 219 cm³/mol. The molecule has 0 aliphatic carbocycles. The minimum Gasteiger partial charge on any atom is -0.462 e. The van der Waals surface area contributed by atoms with Crippen molar-refractivity contribution in [3.05, 3.63) is 72.9 Å². The van der Waals surface area contributed by atoms with Crippen molar-refractivity contribution in [2.24, 2.45) is 0 Å². The Morgan fingerprint density at radius 2 is 1.08 bits per heavy atom. The number of phosphoric ester groups is 1. The second kappa shape index (κ2) is 35.2. The normalized spacial score (nSPS) is 14.5. The van der Waals surface area contributed by atoms with Crippen molar-refractivity contribution in [1.29, 1.82) is 0 Å². The summed E-state index contributed by atoms with van der Waals surface area (Å²) < 4.78 is 34.1. The van der Waals surface area contributed by atoms with Gasteiger partial charge in [-0.05, 0) is 57.8 Å². The molecule has 0 spiro atoms. The van der Waals surface area contributed by atoms with Crippen LogP contribution in [0.5, 0.6) is 0 Å². The first-order valence-electron chi connectivity index (χ1n) is 20.2. The zero-order valence-corrected chi connectivity index (χ0v) is 34.9. The first-order valence-corrected chi connectivity index (χ1v) is 21.7. The van der Waals surface area contributed by atoms with E-state index in [0.717, 1.165) is 51.4 Å². The summed E-state index contributed by atoms with van der Waals surface area (Å²) in [6.45, 7) is 4.16. The second-order valence-corrected chi connectivity index (χ2v) is 15.9. The molecule has 0 aromatic carbocycles. The molecule has 0 rings (SSSR count). The van der Waals surface area contributed by atoms with Gasteiger partial charge in [0.25, 0.3) is 0 Å².